The van der Waals surface area contributed by atoms with E-state index >= 15 is 0 Å². The largest absolute Gasteiger partial charge is 0.346 e. The Morgan fingerprint density at radius 3 is 2.30 bits per heavy atom. The molecule has 8 nitrogen and oxygen atoms in total. The van der Waals surface area contributed by atoms with Crippen LogP contribution in [0.15, 0.2) is 79.3 Å². The van der Waals surface area contributed by atoms with E-state index in [4.69, 9.17) is 0 Å². The zero-order valence-electron chi connectivity index (χ0n) is 18.4. The van der Waals surface area contributed by atoms with Crippen molar-refractivity contribution in [1.29, 1.82) is 0 Å². The van der Waals surface area contributed by atoms with Gasteiger partial charge in [-0.3, -0.25) is 19.0 Å². The van der Waals surface area contributed by atoms with Crippen molar-refractivity contribution in [3.8, 4) is 0 Å². The normalized spacial score (nSPS) is 11.3. The molecule has 0 radical (unpaired) electrons. The minimum Gasteiger partial charge on any atom is -0.346 e. The second-order valence-electron chi connectivity index (χ2n) is 7.52. The molecule has 4 rings (SSSR count). The fourth-order valence-corrected chi connectivity index (χ4v) is 3.43. The van der Waals surface area contributed by atoms with Crippen LogP contribution in [0.25, 0.3) is 11.6 Å². The van der Waals surface area contributed by atoms with Crippen LogP contribution >= 0.6 is 0 Å². The Kier molecular flexibility index (Phi) is 6.45. The van der Waals surface area contributed by atoms with Gasteiger partial charge < -0.3 is 10.6 Å². The number of aromatic nitrogens is 4. The molecule has 0 atom stereocenters. The fourth-order valence-electron chi connectivity index (χ4n) is 3.43. The average molecular weight is 441 g/mol. The summed E-state index contributed by atoms with van der Waals surface area (Å²) in [7, 11) is 3.47. The Labute approximate surface area is 191 Å². The molecule has 33 heavy (non-hydrogen) atoms. The van der Waals surface area contributed by atoms with E-state index in [1.165, 1.54) is 10.9 Å². The van der Waals surface area contributed by atoms with Gasteiger partial charge in [-0.15, -0.1) is 0 Å². The first kappa shape index (κ1) is 21.8. The maximum absolute atomic E-state index is 13.3. The minimum atomic E-state index is -0.345. The number of amides is 2. The molecule has 0 spiro atoms. The first-order valence-electron chi connectivity index (χ1n) is 10.4. The molecule has 0 bridgehead atoms. The number of nitrogens with zero attached hydrogens (tertiary/aromatic N) is 4. The first-order chi connectivity index (χ1) is 16.0. The van der Waals surface area contributed by atoms with Crippen molar-refractivity contribution in [1.82, 2.24) is 24.9 Å². The van der Waals surface area contributed by atoms with Crippen LogP contribution in [0.2, 0.25) is 0 Å². The van der Waals surface area contributed by atoms with Crippen molar-refractivity contribution in [2.24, 2.45) is 14.1 Å². The Bertz CT molecular complexity index is 1290. The molecule has 166 valence electrons. The number of rotatable bonds is 7. The van der Waals surface area contributed by atoms with Gasteiger partial charge in [0.25, 0.3) is 11.8 Å². The molecule has 2 aromatic heterocycles. The summed E-state index contributed by atoms with van der Waals surface area (Å²) >= 11 is 0. The first-order valence-corrected chi connectivity index (χ1v) is 10.4. The summed E-state index contributed by atoms with van der Waals surface area (Å²) in [6, 6.07) is 19.0. The van der Waals surface area contributed by atoms with Gasteiger partial charge in [-0.1, -0.05) is 60.7 Å². The van der Waals surface area contributed by atoms with Crippen LogP contribution in [-0.4, -0.2) is 31.4 Å². The summed E-state index contributed by atoms with van der Waals surface area (Å²) in [5, 5.41) is 14.0. The molecule has 0 unspecified atom stereocenters. The van der Waals surface area contributed by atoms with E-state index in [9.17, 15) is 9.59 Å². The highest BCUT2D eigenvalue weighted by atomic mass is 16.2. The highest BCUT2D eigenvalue weighted by Crippen LogP contribution is 2.22. The molecule has 0 aliphatic carbocycles. The topological polar surface area (TPSA) is 93.8 Å². The number of hydrogen-bond acceptors (Lipinski definition) is 4. The fraction of sp³-hybridized carbons (Fsp3) is 0.120. The van der Waals surface area contributed by atoms with Gasteiger partial charge in [0.15, 0.2) is 0 Å². The van der Waals surface area contributed by atoms with Crippen LogP contribution < -0.4 is 10.6 Å². The predicted octanol–water partition coefficient (Wildman–Crippen LogP) is 3.26. The zero-order valence-corrected chi connectivity index (χ0v) is 18.4. The minimum absolute atomic E-state index is 0.263. The molecular weight excluding hydrogens is 416 g/mol. The number of nitrogens with one attached hydrogen (secondary N) is 2. The monoisotopic (exact) mass is 440 g/mol. The Morgan fingerprint density at radius 1 is 0.939 bits per heavy atom. The van der Waals surface area contributed by atoms with E-state index in [0.29, 0.717) is 17.8 Å². The van der Waals surface area contributed by atoms with Crippen LogP contribution in [0.4, 0.5) is 5.69 Å². The van der Waals surface area contributed by atoms with Gasteiger partial charge in [-0.05, 0) is 17.2 Å². The van der Waals surface area contributed by atoms with Gasteiger partial charge in [0.2, 0.25) is 0 Å². The maximum Gasteiger partial charge on any atom is 0.271 e. The van der Waals surface area contributed by atoms with Crippen LogP contribution in [0.5, 0.6) is 0 Å². The van der Waals surface area contributed by atoms with E-state index in [1.807, 2.05) is 80.0 Å². The molecule has 0 saturated heterocycles. The van der Waals surface area contributed by atoms with Crippen LogP contribution in [-0.2, 0) is 25.4 Å². The Hall–Kier alpha value is -4.46. The number of hydrogen-bond donors (Lipinski definition) is 2. The third-order valence-corrected chi connectivity index (χ3v) is 5.05. The van der Waals surface area contributed by atoms with E-state index in [0.717, 1.165) is 16.7 Å². The summed E-state index contributed by atoms with van der Waals surface area (Å²) in [4.78, 5) is 26.2. The van der Waals surface area contributed by atoms with Crippen LogP contribution in [0.1, 0.15) is 27.2 Å². The molecular formula is C25H24N6O2. The summed E-state index contributed by atoms with van der Waals surface area (Å²) in [6.45, 7) is 0.314. The van der Waals surface area contributed by atoms with Crippen molar-refractivity contribution in [2.75, 3.05) is 5.32 Å². The van der Waals surface area contributed by atoms with E-state index in [-0.39, 0.29) is 17.5 Å². The van der Waals surface area contributed by atoms with Gasteiger partial charge in [0.1, 0.15) is 5.69 Å². The number of benzene rings is 2. The molecule has 2 heterocycles. The molecule has 2 N–H and O–H groups in total. The van der Waals surface area contributed by atoms with Crippen molar-refractivity contribution >= 4 is 29.2 Å². The lowest BCUT2D eigenvalue weighted by molar-refractivity contribution is -0.111. The van der Waals surface area contributed by atoms with Gasteiger partial charge >= 0.3 is 0 Å². The molecule has 0 aliphatic rings. The maximum atomic E-state index is 13.3. The van der Waals surface area contributed by atoms with Gasteiger partial charge in [-0.25, -0.2) is 0 Å². The summed E-state index contributed by atoms with van der Waals surface area (Å²) < 4.78 is 3.11. The van der Waals surface area contributed by atoms with E-state index in [1.54, 1.807) is 17.9 Å². The second kappa shape index (κ2) is 9.78. The van der Waals surface area contributed by atoms with Crippen molar-refractivity contribution < 1.29 is 9.59 Å². The molecule has 8 heteroatoms. The highest BCUT2D eigenvalue weighted by Gasteiger charge is 2.21. The number of anilines is 1. The van der Waals surface area contributed by atoms with Crippen LogP contribution in [0.3, 0.4) is 0 Å². The van der Waals surface area contributed by atoms with Gasteiger partial charge in [0.05, 0.1) is 18.1 Å². The number of aryl methyl sites for hydroxylation is 2. The molecule has 2 aromatic carbocycles. The van der Waals surface area contributed by atoms with Crippen molar-refractivity contribution in [2.45, 2.75) is 6.54 Å². The lowest BCUT2D eigenvalue weighted by atomic mass is 10.0. The Morgan fingerprint density at radius 2 is 1.64 bits per heavy atom. The smallest absolute Gasteiger partial charge is 0.271 e. The number of carbonyl (C=O) groups excluding carboxylic acids is 2. The van der Waals surface area contributed by atoms with Gasteiger partial charge in [0, 0.05) is 38.0 Å². The number of carbonyl (C=O) groups is 2. The second-order valence-corrected chi connectivity index (χ2v) is 7.52. The van der Waals surface area contributed by atoms with Gasteiger partial charge in [-0.2, -0.15) is 10.2 Å². The van der Waals surface area contributed by atoms with E-state index in [2.05, 4.69) is 20.8 Å². The molecule has 0 fully saturated rings. The third kappa shape index (κ3) is 5.24. The average Bonchev–Trinajstić information content (AvgIpc) is 3.42. The Balaban J connectivity index is 1.58. The standard InChI is InChI=1S/C25H24N6O2/c1-30-17-19(15-27-30)14-26-25(33)23-22(16-28-31(23)2)29-24(32)21(20-11-7-4-8-12-20)13-18-9-5-3-6-10-18/h3-13,15-17H,14H2,1-2H3,(H,26,33)(H,29,32)/b21-13-. The summed E-state index contributed by atoms with van der Waals surface area (Å²) in [5.41, 5.74) is 3.61. The highest BCUT2D eigenvalue weighted by molar-refractivity contribution is 6.29. The predicted molar refractivity (Wildman–Crippen MR) is 127 cm³/mol. The summed E-state index contributed by atoms with van der Waals surface area (Å²) in [6.07, 6.45) is 6.81. The zero-order chi connectivity index (χ0) is 23.2. The van der Waals surface area contributed by atoms with Crippen molar-refractivity contribution in [3.63, 3.8) is 0 Å². The quantitative estimate of drug-likeness (QED) is 0.341. The SMILES string of the molecule is Cn1cc(CNC(=O)c2c(NC(=O)/C(=C\c3ccccc3)c3ccccc3)cnn2C)cn1. The van der Waals surface area contributed by atoms with Crippen LogP contribution in [0, 0.1) is 0 Å². The molecule has 0 aliphatic heterocycles. The molecule has 0 saturated carbocycles. The summed E-state index contributed by atoms with van der Waals surface area (Å²) in [5.74, 6) is -0.679. The van der Waals surface area contributed by atoms with Crippen molar-refractivity contribution in [3.05, 3.63) is 102 Å². The van der Waals surface area contributed by atoms with E-state index < -0.39 is 0 Å². The lowest BCUT2D eigenvalue weighted by Gasteiger charge is -2.11. The third-order valence-electron chi connectivity index (χ3n) is 5.05. The molecule has 2 amide bonds. The lowest BCUT2D eigenvalue weighted by Crippen LogP contribution is -2.26. The molecule has 4 aromatic rings.